The van der Waals surface area contributed by atoms with Crippen molar-refractivity contribution >= 4 is 0 Å². The van der Waals surface area contributed by atoms with Crippen LogP contribution >= 0.6 is 0 Å². The van der Waals surface area contributed by atoms with Crippen LogP contribution in [0.25, 0.3) is 0 Å². The molecule has 0 spiro atoms. The molecule has 1 N–H and O–H groups in total. The fourth-order valence-corrected chi connectivity index (χ4v) is 2.61. The molecule has 0 amide bonds. The molecule has 3 atom stereocenters. The SMILES string of the molecule is CCCCC(CC)COC1CCCC1NC. The molecule has 0 aliphatic heterocycles. The van der Waals surface area contributed by atoms with Gasteiger partial charge in [-0.3, -0.25) is 0 Å². The zero-order valence-corrected chi connectivity index (χ0v) is 11.3. The van der Waals surface area contributed by atoms with Crippen molar-refractivity contribution in [3.63, 3.8) is 0 Å². The number of rotatable bonds is 8. The summed E-state index contributed by atoms with van der Waals surface area (Å²) >= 11 is 0. The summed E-state index contributed by atoms with van der Waals surface area (Å²) in [5.41, 5.74) is 0. The Morgan fingerprint density at radius 3 is 2.75 bits per heavy atom. The van der Waals surface area contributed by atoms with Crippen LogP contribution in [0.5, 0.6) is 0 Å². The van der Waals surface area contributed by atoms with Crippen LogP contribution in [0, 0.1) is 5.92 Å². The maximum atomic E-state index is 6.09. The molecule has 96 valence electrons. The molecular formula is C14H29NO. The first-order chi connectivity index (χ1) is 7.81. The average Bonchev–Trinajstić information content (AvgIpc) is 2.77. The van der Waals surface area contributed by atoms with Gasteiger partial charge in [0.05, 0.1) is 6.10 Å². The smallest absolute Gasteiger partial charge is 0.0728 e. The van der Waals surface area contributed by atoms with E-state index in [1.807, 2.05) is 0 Å². The minimum atomic E-state index is 0.473. The molecule has 1 saturated carbocycles. The number of hydrogen-bond donors (Lipinski definition) is 1. The molecule has 1 aliphatic rings. The lowest BCUT2D eigenvalue weighted by atomic mass is 10.0. The lowest BCUT2D eigenvalue weighted by molar-refractivity contribution is 0.0163. The highest BCUT2D eigenvalue weighted by molar-refractivity contribution is 4.83. The van der Waals surface area contributed by atoms with E-state index < -0.39 is 0 Å². The molecule has 1 rings (SSSR count). The van der Waals surface area contributed by atoms with Crippen LogP contribution in [-0.4, -0.2) is 25.8 Å². The van der Waals surface area contributed by atoms with Crippen LogP contribution in [0.1, 0.15) is 58.8 Å². The molecule has 2 heteroatoms. The van der Waals surface area contributed by atoms with E-state index in [1.54, 1.807) is 0 Å². The number of unbranched alkanes of at least 4 members (excludes halogenated alkanes) is 1. The second-order valence-corrected chi connectivity index (χ2v) is 5.11. The third kappa shape index (κ3) is 4.42. The second kappa shape index (κ2) is 8.08. The van der Waals surface area contributed by atoms with Gasteiger partial charge in [0.2, 0.25) is 0 Å². The fraction of sp³-hybridized carbons (Fsp3) is 1.00. The molecule has 0 saturated heterocycles. The molecule has 1 fully saturated rings. The third-order valence-corrected chi connectivity index (χ3v) is 3.91. The summed E-state index contributed by atoms with van der Waals surface area (Å²) in [6.07, 6.45) is 9.58. The van der Waals surface area contributed by atoms with Crippen LogP contribution in [-0.2, 0) is 4.74 Å². The average molecular weight is 227 g/mol. The van der Waals surface area contributed by atoms with Gasteiger partial charge in [0.15, 0.2) is 0 Å². The molecule has 2 nitrogen and oxygen atoms in total. The maximum Gasteiger partial charge on any atom is 0.0728 e. The summed E-state index contributed by atoms with van der Waals surface area (Å²) in [5.74, 6) is 0.776. The van der Waals surface area contributed by atoms with Gasteiger partial charge in [0.1, 0.15) is 0 Å². The number of likely N-dealkylation sites (N-methyl/N-ethyl adjacent to an activating group) is 1. The molecule has 0 aromatic rings. The largest absolute Gasteiger partial charge is 0.376 e. The van der Waals surface area contributed by atoms with Crippen LogP contribution < -0.4 is 5.32 Å². The Morgan fingerprint density at radius 1 is 1.31 bits per heavy atom. The molecular weight excluding hydrogens is 198 g/mol. The summed E-state index contributed by atoms with van der Waals surface area (Å²) < 4.78 is 6.09. The van der Waals surface area contributed by atoms with Gasteiger partial charge < -0.3 is 10.1 Å². The van der Waals surface area contributed by atoms with E-state index >= 15 is 0 Å². The zero-order chi connectivity index (χ0) is 11.8. The van der Waals surface area contributed by atoms with Gasteiger partial charge in [-0.2, -0.15) is 0 Å². The number of nitrogens with one attached hydrogen (secondary N) is 1. The molecule has 0 radical (unpaired) electrons. The minimum absolute atomic E-state index is 0.473. The van der Waals surface area contributed by atoms with Gasteiger partial charge in [-0.25, -0.2) is 0 Å². The summed E-state index contributed by atoms with van der Waals surface area (Å²) in [7, 11) is 2.06. The lowest BCUT2D eigenvalue weighted by Gasteiger charge is -2.23. The van der Waals surface area contributed by atoms with Crippen LogP contribution in [0.2, 0.25) is 0 Å². The summed E-state index contributed by atoms with van der Waals surface area (Å²) in [5, 5.41) is 3.37. The quantitative estimate of drug-likeness (QED) is 0.686. The van der Waals surface area contributed by atoms with Crippen molar-refractivity contribution in [1.29, 1.82) is 0 Å². The van der Waals surface area contributed by atoms with Crippen molar-refractivity contribution in [2.75, 3.05) is 13.7 Å². The number of ether oxygens (including phenoxy) is 1. The van der Waals surface area contributed by atoms with Crippen LogP contribution in [0.3, 0.4) is 0 Å². The predicted octanol–water partition coefficient (Wildman–Crippen LogP) is 3.36. The first kappa shape index (κ1) is 14.0. The molecule has 0 heterocycles. The highest BCUT2D eigenvalue weighted by atomic mass is 16.5. The predicted molar refractivity (Wildman–Crippen MR) is 69.7 cm³/mol. The van der Waals surface area contributed by atoms with E-state index in [-0.39, 0.29) is 0 Å². The van der Waals surface area contributed by atoms with E-state index in [4.69, 9.17) is 4.74 Å². The summed E-state index contributed by atoms with van der Waals surface area (Å²) in [6.45, 7) is 5.52. The third-order valence-electron chi connectivity index (χ3n) is 3.91. The molecule has 1 aliphatic carbocycles. The van der Waals surface area contributed by atoms with Crippen molar-refractivity contribution in [2.24, 2.45) is 5.92 Å². The van der Waals surface area contributed by atoms with Gasteiger partial charge in [-0.15, -0.1) is 0 Å². The van der Waals surface area contributed by atoms with Crippen molar-refractivity contribution in [2.45, 2.75) is 70.9 Å². The second-order valence-electron chi connectivity index (χ2n) is 5.11. The van der Waals surface area contributed by atoms with E-state index in [1.165, 1.54) is 44.9 Å². The highest BCUT2D eigenvalue weighted by Gasteiger charge is 2.26. The van der Waals surface area contributed by atoms with E-state index in [9.17, 15) is 0 Å². The fourth-order valence-electron chi connectivity index (χ4n) is 2.61. The first-order valence-corrected chi connectivity index (χ1v) is 7.10. The molecule has 0 aromatic carbocycles. The zero-order valence-electron chi connectivity index (χ0n) is 11.3. The van der Waals surface area contributed by atoms with Crippen LogP contribution in [0.15, 0.2) is 0 Å². The van der Waals surface area contributed by atoms with E-state index in [2.05, 4.69) is 26.2 Å². The molecule has 3 unspecified atom stereocenters. The normalized spacial score (nSPS) is 27.2. The minimum Gasteiger partial charge on any atom is -0.376 e. The number of hydrogen-bond acceptors (Lipinski definition) is 2. The van der Waals surface area contributed by atoms with E-state index in [0.29, 0.717) is 12.1 Å². The first-order valence-electron chi connectivity index (χ1n) is 7.10. The Morgan fingerprint density at radius 2 is 2.12 bits per heavy atom. The van der Waals surface area contributed by atoms with Gasteiger partial charge in [-0.05, 0) is 38.6 Å². The van der Waals surface area contributed by atoms with Crippen molar-refractivity contribution in [1.82, 2.24) is 5.32 Å². The Balaban J connectivity index is 2.20. The van der Waals surface area contributed by atoms with Gasteiger partial charge in [0, 0.05) is 12.6 Å². The summed E-state index contributed by atoms with van der Waals surface area (Å²) in [4.78, 5) is 0. The lowest BCUT2D eigenvalue weighted by Crippen LogP contribution is -2.35. The van der Waals surface area contributed by atoms with Crippen molar-refractivity contribution in [3.05, 3.63) is 0 Å². The Labute approximate surface area is 101 Å². The van der Waals surface area contributed by atoms with Crippen molar-refractivity contribution < 1.29 is 4.74 Å². The monoisotopic (exact) mass is 227 g/mol. The topological polar surface area (TPSA) is 21.3 Å². The molecule has 16 heavy (non-hydrogen) atoms. The highest BCUT2D eigenvalue weighted by Crippen LogP contribution is 2.23. The molecule has 0 bridgehead atoms. The maximum absolute atomic E-state index is 6.09. The molecule has 0 aromatic heterocycles. The summed E-state index contributed by atoms with van der Waals surface area (Å²) in [6, 6.07) is 0.601. The van der Waals surface area contributed by atoms with Gasteiger partial charge >= 0.3 is 0 Å². The Hall–Kier alpha value is -0.0800. The van der Waals surface area contributed by atoms with Crippen molar-refractivity contribution in [3.8, 4) is 0 Å². The Kier molecular flexibility index (Phi) is 7.06. The Bertz CT molecular complexity index is 172. The standard InChI is InChI=1S/C14H29NO/c1-4-6-8-12(5-2)11-16-14-10-7-9-13(14)15-3/h12-15H,4-11H2,1-3H3. The van der Waals surface area contributed by atoms with Crippen LogP contribution in [0.4, 0.5) is 0 Å². The van der Waals surface area contributed by atoms with Gasteiger partial charge in [-0.1, -0.05) is 33.1 Å². The van der Waals surface area contributed by atoms with Gasteiger partial charge in [0.25, 0.3) is 0 Å². The van der Waals surface area contributed by atoms with E-state index in [0.717, 1.165) is 12.5 Å².